The van der Waals surface area contributed by atoms with Crippen molar-refractivity contribution >= 4 is 0 Å². The molecule has 0 radical (unpaired) electrons. The Morgan fingerprint density at radius 2 is 1.94 bits per heavy atom. The fourth-order valence-electron chi connectivity index (χ4n) is 1.62. The molecule has 0 aromatic carbocycles. The van der Waals surface area contributed by atoms with Crippen molar-refractivity contribution in [2.24, 2.45) is 0 Å². The zero-order valence-corrected chi connectivity index (χ0v) is 10.4. The van der Waals surface area contributed by atoms with Gasteiger partial charge >= 0.3 is 0 Å². The minimum Gasteiger partial charge on any atom is -0.473 e. The predicted molar refractivity (Wildman–Crippen MR) is 64.5 cm³/mol. The molecule has 1 aromatic rings. The van der Waals surface area contributed by atoms with Crippen LogP contribution < -0.4 is 4.74 Å². The molecular weight excluding hydrogens is 202 g/mol. The zero-order chi connectivity index (χ0) is 11.8. The first kappa shape index (κ1) is 12.9. The van der Waals surface area contributed by atoms with Gasteiger partial charge in [-0.15, -0.1) is 0 Å². The van der Waals surface area contributed by atoms with Crippen LogP contribution in [-0.2, 0) is 0 Å². The molecule has 1 aliphatic rings. The Labute approximate surface area is 97.7 Å². The fourth-order valence-corrected chi connectivity index (χ4v) is 1.62. The SMILES string of the molecule is CC.CN1CCC(Oc2cnccn2)CC1. The fraction of sp³-hybridized carbons (Fsp3) is 0.667. The highest BCUT2D eigenvalue weighted by molar-refractivity contribution is 5.02. The van der Waals surface area contributed by atoms with Crippen LogP contribution in [0.25, 0.3) is 0 Å². The Morgan fingerprint density at radius 3 is 2.50 bits per heavy atom. The molecule has 2 rings (SSSR count). The lowest BCUT2D eigenvalue weighted by molar-refractivity contribution is 0.109. The second-order valence-electron chi connectivity index (χ2n) is 3.66. The monoisotopic (exact) mass is 223 g/mol. The summed E-state index contributed by atoms with van der Waals surface area (Å²) in [4.78, 5) is 10.4. The molecule has 0 atom stereocenters. The van der Waals surface area contributed by atoms with Gasteiger partial charge in [-0.05, 0) is 19.9 Å². The summed E-state index contributed by atoms with van der Waals surface area (Å²) in [6.07, 6.45) is 7.44. The molecule has 4 heteroatoms. The molecule has 0 spiro atoms. The van der Waals surface area contributed by atoms with Gasteiger partial charge in [0, 0.05) is 25.5 Å². The minimum absolute atomic E-state index is 0.308. The van der Waals surface area contributed by atoms with E-state index in [2.05, 4.69) is 21.9 Å². The summed E-state index contributed by atoms with van der Waals surface area (Å²) in [5.41, 5.74) is 0. The highest BCUT2D eigenvalue weighted by Crippen LogP contribution is 2.14. The molecule has 0 unspecified atom stereocenters. The van der Waals surface area contributed by atoms with Gasteiger partial charge < -0.3 is 9.64 Å². The van der Waals surface area contributed by atoms with Gasteiger partial charge in [-0.3, -0.25) is 4.98 Å². The van der Waals surface area contributed by atoms with E-state index in [1.54, 1.807) is 18.6 Å². The summed E-state index contributed by atoms with van der Waals surface area (Å²) in [5, 5.41) is 0. The van der Waals surface area contributed by atoms with Crippen molar-refractivity contribution in [3.05, 3.63) is 18.6 Å². The Bertz CT molecular complexity index is 271. The van der Waals surface area contributed by atoms with Crippen molar-refractivity contribution in [2.75, 3.05) is 20.1 Å². The largest absolute Gasteiger partial charge is 0.473 e. The van der Waals surface area contributed by atoms with Crippen LogP contribution in [0, 0.1) is 0 Å². The van der Waals surface area contributed by atoms with E-state index in [9.17, 15) is 0 Å². The van der Waals surface area contributed by atoms with Gasteiger partial charge in [0.05, 0.1) is 6.20 Å². The second kappa shape index (κ2) is 7.17. The van der Waals surface area contributed by atoms with E-state index in [1.807, 2.05) is 13.8 Å². The predicted octanol–water partition coefficient (Wildman–Crippen LogP) is 1.98. The van der Waals surface area contributed by atoms with Crippen molar-refractivity contribution < 1.29 is 4.74 Å². The van der Waals surface area contributed by atoms with Gasteiger partial charge in [-0.2, -0.15) is 0 Å². The zero-order valence-electron chi connectivity index (χ0n) is 10.4. The Balaban J connectivity index is 0.000000606. The normalized spacial score (nSPS) is 17.4. The van der Waals surface area contributed by atoms with Gasteiger partial charge in [-0.25, -0.2) is 4.98 Å². The van der Waals surface area contributed by atoms with E-state index in [0.717, 1.165) is 25.9 Å². The topological polar surface area (TPSA) is 38.2 Å². The quantitative estimate of drug-likeness (QED) is 0.768. The van der Waals surface area contributed by atoms with Crippen molar-refractivity contribution in [2.45, 2.75) is 32.8 Å². The maximum absolute atomic E-state index is 5.70. The number of ether oxygens (including phenoxy) is 1. The highest BCUT2D eigenvalue weighted by Gasteiger charge is 2.18. The summed E-state index contributed by atoms with van der Waals surface area (Å²) in [6, 6.07) is 0. The molecule has 2 heterocycles. The highest BCUT2D eigenvalue weighted by atomic mass is 16.5. The van der Waals surface area contributed by atoms with Crippen molar-refractivity contribution in [1.82, 2.24) is 14.9 Å². The molecule has 0 saturated carbocycles. The first-order valence-corrected chi connectivity index (χ1v) is 5.96. The van der Waals surface area contributed by atoms with Gasteiger partial charge in [0.15, 0.2) is 0 Å². The third kappa shape index (κ3) is 4.14. The molecular formula is C12H21N3O. The first-order valence-electron chi connectivity index (χ1n) is 5.96. The van der Waals surface area contributed by atoms with E-state index in [1.165, 1.54) is 0 Å². The molecule has 0 amide bonds. The lowest BCUT2D eigenvalue weighted by Crippen LogP contribution is -2.35. The van der Waals surface area contributed by atoms with Crippen LogP contribution in [0.15, 0.2) is 18.6 Å². The van der Waals surface area contributed by atoms with Gasteiger partial charge in [0.2, 0.25) is 5.88 Å². The lowest BCUT2D eigenvalue weighted by Gasteiger charge is -2.28. The molecule has 16 heavy (non-hydrogen) atoms. The second-order valence-corrected chi connectivity index (χ2v) is 3.66. The van der Waals surface area contributed by atoms with Crippen LogP contribution in [-0.4, -0.2) is 41.1 Å². The standard InChI is InChI=1S/C10H15N3O.C2H6/c1-13-6-2-9(3-7-13)14-10-8-11-4-5-12-10;1-2/h4-5,8-9H,2-3,6-7H2,1H3;1-2H3. The van der Waals surface area contributed by atoms with Crippen molar-refractivity contribution in [3.63, 3.8) is 0 Å². The van der Waals surface area contributed by atoms with Crippen LogP contribution in [0.2, 0.25) is 0 Å². The number of aromatic nitrogens is 2. The van der Waals surface area contributed by atoms with Crippen LogP contribution in [0.1, 0.15) is 26.7 Å². The minimum atomic E-state index is 0.308. The molecule has 1 aromatic heterocycles. The number of piperidine rings is 1. The van der Waals surface area contributed by atoms with Gasteiger partial charge in [-0.1, -0.05) is 13.8 Å². The lowest BCUT2D eigenvalue weighted by atomic mass is 10.1. The number of likely N-dealkylation sites (tertiary alicyclic amines) is 1. The third-order valence-corrected chi connectivity index (χ3v) is 2.49. The average Bonchev–Trinajstić information content (AvgIpc) is 2.36. The molecule has 0 bridgehead atoms. The Morgan fingerprint density at radius 1 is 1.25 bits per heavy atom. The van der Waals surface area contributed by atoms with Gasteiger partial charge in [0.25, 0.3) is 0 Å². The van der Waals surface area contributed by atoms with Crippen LogP contribution in [0.5, 0.6) is 5.88 Å². The summed E-state index contributed by atoms with van der Waals surface area (Å²) < 4.78 is 5.70. The molecule has 1 saturated heterocycles. The van der Waals surface area contributed by atoms with Crippen LogP contribution >= 0.6 is 0 Å². The van der Waals surface area contributed by atoms with Crippen LogP contribution in [0.4, 0.5) is 0 Å². The summed E-state index contributed by atoms with van der Waals surface area (Å²) >= 11 is 0. The Kier molecular flexibility index (Phi) is 5.78. The van der Waals surface area contributed by atoms with Gasteiger partial charge in [0.1, 0.15) is 6.10 Å². The summed E-state index contributed by atoms with van der Waals surface area (Å²) in [5.74, 6) is 0.641. The van der Waals surface area contributed by atoms with Crippen LogP contribution in [0.3, 0.4) is 0 Å². The molecule has 1 fully saturated rings. The maximum atomic E-state index is 5.70. The number of hydrogen-bond donors (Lipinski definition) is 0. The Hall–Kier alpha value is -1.16. The van der Waals surface area contributed by atoms with E-state index in [-0.39, 0.29) is 0 Å². The molecule has 0 aliphatic carbocycles. The number of rotatable bonds is 2. The van der Waals surface area contributed by atoms with Crippen molar-refractivity contribution in [3.8, 4) is 5.88 Å². The third-order valence-electron chi connectivity index (χ3n) is 2.49. The molecule has 1 aliphatic heterocycles. The van der Waals surface area contributed by atoms with E-state index >= 15 is 0 Å². The summed E-state index contributed by atoms with van der Waals surface area (Å²) in [6.45, 7) is 6.20. The van der Waals surface area contributed by atoms with Crippen molar-refractivity contribution in [1.29, 1.82) is 0 Å². The molecule has 0 N–H and O–H groups in total. The molecule has 90 valence electrons. The van der Waals surface area contributed by atoms with E-state index < -0.39 is 0 Å². The number of hydrogen-bond acceptors (Lipinski definition) is 4. The van der Waals surface area contributed by atoms with E-state index in [4.69, 9.17) is 4.74 Å². The summed E-state index contributed by atoms with van der Waals surface area (Å²) in [7, 11) is 2.14. The van der Waals surface area contributed by atoms with E-state index in [0.29, 0.717) is 12.0 Å². The first-order chi connectivity index (χ1) is 7.84. The smallest absolute Gasteiger partial charge is 0.232 e. The average molecular weight is 223 g/mol. The maximum Gasteiger partial charge on any atom is 0.232 e. The molecule has 4 nitrogen and oxygen atoms in total. The number of nitrogens with zero attached hydrogens (tertiary/aromatic N) is 3.